The number of hydrogen-bond acceptors (Lipinski definition) is 8. The summed E-state index contributed by atoms with van der Waals surface area (Å²) in [6.07, 6.45) is 3.23. The Morgan fingerprint density at radius 3 is 2.52 bits per heavy atom. The second kappa shape index (κ2) is 11.4. The summed E-state index contributed by atoms with van der Waals surface area (Å²) in [7, 11) is -2.27. The van der Waals surface area contributed by atoms with E-state index in [9.17, 15) is 18.0 Å². The quantitative estimate of drug-likeness (QED) is 0.512. The minimum atomic E-state index is -3.80. The average molecular weight is 479 g/mol. The number of morpholine rings is 1. The zero-order valence-electron chi connectivity index (χ0n) is 18.9. The van der Waals surface area contributed by atoms with Crippen molar-refractivity contribution in [2.45, 2.75) is 30.6 Å². The molecule has 10 nitrogen and oxygen atoms in total. The predicted octanol–water partition coefficient (Wildman–Crippen LogP) is 1.23. The molecule has 3 rings (SSSR count). The number of carbonyl (C=O) groups excluding carboxylic acids is 2. The van der Waals surface area contributed by atoms with Gasteiger partial charge in [0.1, 0.15) is 0 Å². The van der Waals surface area contributed by atoms with Crippen molar-refractivity contribution in [3.8, 4) is 6.07 Å². The first kappa shape index (κ1) is 25.0. The number of nitrogens with zero attached hydrogens (tertiary/aromatic N) is 4. The van der Waals surface area contributed by atoms with Crippen LogP contribution in [0.1, 0.15) is 36.0 Å². The largest absolute Gasteiger partial charge is 0.452 e. The van der Waals surface area contributed by atoms with Crippen LogP contribution >= 0.6 is 0 Å². The first-order valence-electron chi connectivity index (χ1n) is 11.1. The van der Waals surface area contributed by atoms with Gasteiger partial charge in [0, 0.05) is 39.8 Å². The van der Waals surface area contributed by atoms with E-state index < -0.39 is 28.5 Å². The molecule has 2 aliphatic heterocycles. The molecule has 0 radical (unpaired) electrons. The second-order valence-electron chi connectivity index (χ2n) is 8.04. The molecule has 2 aliphatic rings. The van der Waals surface area contributed by atoms with Crippen molar-refractivity contribution >= 4 is 27.6 Å². The van der Waals surface area contributed by atoms with Crippen molar-refractivity contribution in [3.63, 3.8) is 0 Å². The van der Waals surface area contributed by atoms with Gasteiger partial charge >= 0.3 is 5.97 Å². The SMILES string of the molecule is CN(CCC#N)C(=O)COC(=O)c1cc(S(=O)(=O)N2CCOCC2)ccc1N1CCCCC1. The monoisotopic (exact) mass is 478 g/mol. The first-order valence-corrected chi connectivity index (χ1v) is 12.5. The van der Waals surface area contributed by atoms with Crippen LogP contribution in [0.5, 0.6) is 0 Å². The van der Waals surface area contributed by atoms with Gasteiger partial charge in [-0.15, -0.1) is 0 Å². The molecule has 11 heteroatoms. The smallest absolute Gasteiger partial charge is 0.340 e. The summed E-state index contributed by atoms with van der Waals surface area (Å²) >= 11 is 0. The Bertz CT molecular complexity index is 995. The maximum atomic E-state index is 13.1. The fourth-order valence-corrected chi connectivity index (χ4v) is 5.28. The molecule has 0 aliphatic carbocycles. The number of rotatable bonds is 8. The van der Waals surface area contributed by atoms with E-state index in [0.29, 0.717) is 18.9 Å². The van der Waals surface area contributed by atoms with Crippen LogP contribution in [0, 0.1) is 11.3 Å². The lowest BCUT2D eigenvalue weighted by atomic mass is 10.1. The molecule has 0 atom stereocenters. The number of nitriles is 1. The Balaban J connectivity index is 1.84. The van der Waals surface area contributed by atoms with Gasteiger partial charge in [-0.3, -0.25) is 4.79 Å². The number of carbonyl (C=O) groups is 2. The highest BCUT2D eigenvalue weighted by Crippen LogP contribution is 2.29. The third kappa shape index (κ3) is 6.22. The molecular formula is C22H30N4O6S. The molecule has 0 saturated carbocycles. The average Bonchev–Trinajstić information content (AvgIpc) is 2.86. The maximum Gasteiger partial charge on any atom is 0.340 e. The van der Waals surface area contributed by atoms with E-state index in [4.69, 9.17) is 14.7 Å². The van der Waals surface area contributed by atoms with Gasteiger partial charge in [0.15, 0.2) is 6.61 Å². The van der Waals surface area contributed by atoms with Crippen LogP contribution in [-0.2, 0) is 24.3 Å². The highest BCUT2D eigenvalue weighted by atomic mass is 32.2. The summed E-state index contributed by atoms with van der Waals surface area (Å²) in [5.74, 6) is -1.19. The molecule has 0 unspecified atom stereocenters. The summed E-state index contributed by atoms with van der Waals surface area (Å²) in [6, 6.07) is 6.48. The zero-order chi connectivity index (χ0) is 23.8. The Hall–Kier alpha value is -2.68. The highest BCUT2D eigenvalue weighted by molar-refractivity contribution is 7.89. The van der Waals surface area contributed by atoms with Gasteiger partial charge in [0.05, 0.1) is 41.9 Å². The lowest BCUT2D eigenvalue weighted by molar-refractivity contribution is -0.133. The third-order valence-electron chi connectivity index (χ3n) is 5.80. The van der Waals surface area contributed by atoms with E-state index in [1.54, 1.807) is 6.07 Å². The molecular weight excluding hydrogens is 448 g/mol. The van der Waals surface area contributed by atoms with E-state index in [0.717, 1.165) is 32.4 Å². The van der Waals surface area contributed by atoms with Crippen molar-refractivity contribution in [2.24, 2.45) is 0 Å². The molecule has 1 aromatic carbocycles. The Morgan fingerprint density at radius 1 is 1.15 bits per heavy atom. The van der Waals surface area contributed by atoms with Crippen molar-refractivity contribution in [3.05, 3.63) is 23.8 Å². The topological polar surface area (TPSA) is 120 Å². The number of sulfonamides is 1. The second-order valence-corrected chi connectivity index (χ2v) is 9.98. The van der Waals surface area contributed by atoms with Crippen LogP contribution in [0.3, 0.4) is 0 Å². The van der Waals surface area contributed by atoms with E-state index in [1.807, 2.05) is 11.0 Å². The van der Waals surface area contributed by atoms with Gasteiger partial charge < -0.3 is 19.3 Å². The van der Waals surface area contributed by atoms with Crippen LogP contribution in [-0.4, -0.2) is 89.1 Å². The number of esters is 1. The van der Waals surface area contributed by atoms with Gasteiger partial charge in [-0.1, -0.05) is 0 Å². The van der Waals surface area contributed by atoms with Gasteiger partial charge in [-0.05, 0) is 37.5 Å². The number of ether oxygens (including phenoxy) is 2. The van der Waals surface area contributed by atoms with Crippen LogP contribution in [0.15, 0.2) is 23.1 Å². The van der Waals surface area contributed by atoms with E-state index in [1.165, 1.54) is 28.4 Å². The number of amides is 1. The lowest BCUT2D eigenvalue weighted by Crippen LogP contribution is -2.40. The fraction of sp³-hybridized carbons (Fsp3) is 0.591. The Morgan fingerprint density at radius 2 is 1.85 bits per heavy atom. The molecule has 2 heterocycles. The molecule has 0 bridgehead atoms. The molecule has 2 fully saturated rings. The van der Waals surface area contributed by atoms with Gasteiger partial charge in [0.2, 0.25) is 10.0 Å². The number of anilines is 1. The minimum Gasteiger partial charge on any atom is -0.452 e. The summed E-state index contributed by atoms with van der Waals surface area (Å²) in [5, 5.41) is 8.67. The van der Waals surface area contributed by atoms with E-state index >= 15 is 0 Å². The Kier molecular flexibility index (Phi) is 8.66. The lowest BCUT2D eigenvalue weighted by Gasteiger charge is -2.31. The van der Waals surface area contributed by atoms with Gasteiger partial charge in [0.25, 0.3) is 5.91 Å². The summed E-state index contributed by atoms with van der Waals surface area (Å²) in [5.41, 5.74) is 0.727. The van der Waals surface area contributed by atoms with Gasteiger partial charge in [-0.25, -0.2) is 13.2 Å². The molecule has 1 aromatic rings. The van der Waals surface area contributed by atoms with Crippen molar-refractivity contribution in [1.82, 2.24) is 9.21 Å². The van der Waals surface area contributed by atoms with Crippen LogP contribution in [0.2, 0.25) is 0 Å². The molecule has 2 saturated heterocycles. The molecule has 0 aromatic heterocycles. The van der Waals surface area contributed by atoms with Crippen LogP contribution < -0.4 is 4.90 Å². The predicted molar refractivity (Wildman–Crippen MR) is 120 cm³/mol. The maximum absolute atomic E-state index is 13.1. The summed E-state index contributed by atoms with van der Waals surface area (Å²) < 4.78 is 38.1. The fourth-order valence-electron chi connectivity index (χ4n) is 3.84. The highest BCUT2D eigenvalue weighted by Gasteiger charge is 2.29. The summed E-state index contributed by atoms with van der Waals surface area (Å²) in [4.78, 5) is 28.6. The summed E-state index contributed by atoms with van der Waals surface area (Å²) in [6.45, 7) is 2.40. The van der Waals surface area contributed by atoms with Crippen molar-refractivity contribution in [1.29, 1.82) is 5.26 Å². The normalized spacial score (nSPS) is 17.3. The molecule has 33 heavy (non-hydrogen) atoms. The number of likely N-dealkylation sites (N-methyl/N-ethyl adjacent to an activating group) is 1. The third-order valence-corrected chi connectivity index (χ3v) is 7.70. The van der Waals surface area contributed by atoms with Crippen molar-refractivity contribution < 1.29 is 27.5 Å². The van der Waals surface area contributed by atoms with Crippen LogP contribution in [0.4, 0.5) is 5.69 Å². The van der Waals surface area contributed by atoms with Crippen molar-refractivity contribution in [2.75, 3.05) is 64.5 Å². The Labute approximate surface area is 194 Å². The zero-order valence-corrected chi connectivity index (χ0v) is 19.7. The van der Waals surface area contributed by atoms with Crippen LogP contribution in [0.25, 0.3) is 0 Å². The van der Waals surface area contributed by atoms with E-state index in [-0.39, 0.29) is 36.5 Å². The molecule has 0 spiro atoms. The van der Waals surface area contributed by atoms with Gasteiger partial charge in [-0.2, -0.15) is 9.57 Å². The molecule has 0 N–H and O–H groups in total. The first-order chi connectivity index (χ1) is 15.8. The number of benzene rings is 1. The molecule has 180 valence electrons. The molecule has 1 amide bonds. The standard InChI is InChI=1S/C22H30N4O6S/c1-24(9-5-8-23)21(27)17-32-22(28)19-16-18(33(29,30)26-12-14-31-15-13-26)6-7-20(19)25-10-3-2-4-11-25/h6-7,16H,2-5,9-15,17H2,1H3. The number of hydrogen-bond donors (Lipinski definition) is 0. The minimum absolute atomic E-state index is 0.00887. The number of piperidine rings is 1. The van der Waals surface area contributed by atoms with E-state index in [2.05, 4.69) is 0 Å².